The molecule has 134 valence electrons. The molecule has 1 N–H and O–H groups in total. The van der Waals surface area contributed by atoms with Gasteiger partial charge in [0.2, 0.25) is 0 Å². The fourth-order valence-electron chi connectivity index (χ4n) is 3.08. The van der Waals surface area contributed by atoms with Crippen molar-refractivity contribution in [2.75, 3.05) is 27.7 Å². The van der Waals surface area contributed by atoms with Gasteiger partial charge in [0.05, 0.1) is 24.2 Å². The van der Waals surface area contributed by atoms with Crippen LogP contribution in [0.4, 0.5) is 0 Å². The zero-order chi connectivity index (χ0) is 18.5. The summed E-state index contributed by atoms with van der Waals surface area (Å²) in [5.74, 6) is 0.684. The molecule has 0 aliphatic carbocycles. The molecule has 2 aromatic carbocycles. The summed E-state index contributed by atoms with van der Waals surface area (Å²) < 4.78 is 5.48. The maximum atomic E-state index is 12.8. The molecule has 3 rings (SSSR count). The molecule has 1 unspecified atom stereocenters. The van der Waals surface area contributed by atoms with E-state index in [-0.39, 0.29) is 11.9 Å². The Kier molecular flexibility index (Phi) is 5.49. The number of para-hydroxylation sites is 2. The third-order valence-corrected chi connectivity index (χ3v) is 4.45. The summed E-state index contributed by atoms with van der Waals surface area (Å²) in [4.78, 5) is 19.2. The molecular weight excluding hydrogens is 326 g/mol. The van der Waals surface area contributed by atoms with E-state index in [2.05, 4.69) is 15.2 Å². The molecule has 5 nitrogen and oxygen atoms in total. The van der Waals surface area contributed by atoms with E-state index in [1.807, 2.05) is 62.6 Å². The monoisotopic (exact) mass is 349 g/mol. The Bertz CT molecular complexity index is 903. The molecule has 1 amide bonds. The number of likely N-dealkylation sites (N-methyl/N-ethyl adjacent to an activating group) is 1. The molecule has 0 saturated heterocycles. The topological polar surface area (TPSA) is 54.5 Å². The first-order chi connectivity index (χ1) is 12.6. The predicted molar refractivity (Wildman–Crippen MR) is 103 cm³/mol. The molecule has 0 fully saturated rings. The van der Waals surface area contributed by atoms with Gasteiger partial charge in [-0.1, -0.05) is 36.4 Å². The van der Waals surface area contributed by atoms with Crippen LogP contribution in [0, 0.1) is 0 Å². The number of pyridine rings is 1. The molecule has 0 bridgehead atoms. The van der Waals surface area contributed by atoms with Crippen LogP contribution in [0.2, 0.25) is 0 Å². The number of ether oxygens (including phenoxy) is 1. The second-order valence-corrected chi connectivity index (χ2v) is 6.31. The number of nitrogens with zero attached hydrogens (tertiary/aromatic N) is 2. The predicted octanol–water partition coefficient (Wildman–Crippen LogP) is 3.28. The summed E-state index contributed by atoms with van der Waals surface area (Å²) in [6, 6.07) is 17.3. The first-order valence-electron chi connectivity index (χ1n) is 8.53. The molecular formula is C21H23N3O2. The number of methoxy groups -OCH3 is 1. The summed E-state index contributed by atoms with van der Waals surface area (Å²) >= 11 is 0. The standard InChI is InChI=1S/C21H23N3O2/c1-24(2)18(16-10-4-5-12-19(16)26-3)14-23-21(25)17-11-6-8-15-9-7-13-22-20(15)17/h4-13,18H,14H2,1-3H3,(H,23,25). The molecule has 0 spiro atoms. The Hall–Kier alpha value is -2.92. The lowest BCUT2D eigenvalue weighted by Crippen LogP contribution is -2.34. The van der Waals surface area contributed by atoms with Gasteiger partial charge in [-0.15, -0.1) is 0 Å². The van der Waals surface area contributed by atoms with Crippen LogP contribution in [0.15, 0.2) is 60.8 Å². The summed E-state index contributed by atoms with van der Waals surface area (Å²) in [6.07, 6.45) is 1.70. The number of carbonyl (C=O) groups excluding carboxylic acids is 1. The minimum Gasteiger partial charge on any atom is -0.496 e. The van der Waals surface area contributed by atoms with Crippen LogP contribution in [0.5, 0.6) is 5.75 Å². The number of carbonyl (C=O) groups is 1. The SMILES string of the molecule is COc1ccccc1C(CNC(=O)c1cccc2cccnc12)N(C)C. The van der Waals surface area contributed by atoms with Crippen LogP contribution >= 0.6 is 0 Å². The fraction of sp³-hybridized carbons (Fsp3) is 0.238. The van der Waals surface area contributed by atoms with E-state index in [4.69, 9.17) is 4.74 Å². The highest BCUT2D eigenvalue weighted by Gasteiger charge is 2.20. The number of benzene rings is 2. The minimum absolute atomic E-state index is 0.00182. The molecule has 26 heavy (non-hydrogen) atoms. The average Bonchev–Trinajstić information content (AvgIpc) is 2.67. The number of amides is 1. The van der Waals surface area contributed by atoms with Gasteiger partial charge in [-0.25, -0.2) is 0 Å². The Morgan fingerprint density at radius 2 is 1.88 bits per heavy atom. The molecule has 1 aromatic heterocycles. The van der Waals surface area contributed by atoms with Crippen molar-refractivity contribution in [3.05, 3.63) is 71.9 Å². The van der Waals surface area contributed by atoms with Crippen molar-refractivity contribution in [2.45, 2.75) is 6.04 Å². The first-order valence-corrected chi connectivity index (χ1v) is 8.53. The van der Waals surface area contributed by atoms with Crippen molar-refractivity contribution in [3.63, 3.8) is 0 Å². The van der Waals surface area contributed by atoms with Crippen molar-refractivity contribution >= 4 is 16.8 Å². The van der Waals surface area contributed by atoms with E-state index >= 15 is 0 Å². The highest BCUT2D eigenvalue weighted by atomic mass is 16.5. The Balaban J connectivity index is 1.82. The van der Waals surface area contributed by atoms with Crippen LogP contribution in [-0.2, 0) is 0 Å². The van der Waals surface area contributed by atoms with Gasteiger partial charge < -0.3 is 15.0 Å². The summed E-state index contributed by atoms with van der Waals surface area (Å²) in [7, 11) is 5.64. The highest BCUT2D eigenvalue weighted by molar-refractivity contribution is 6.05. The number of hydrogen-bond donors (Lipinski definition) is 1. The van der Waals surface area contributed by atoms with Gasteiger partial charge >= 0.3 is 0 Å². The molecule has 1 atom stereocenters. The Morgan fingerprint density at radius 3 is 2.65 bits per heavy atom. The molecule has 1 heterocycles. The lowest BCUT2D eigenvalue weighted by Gasteiger charge is -2.26. The van der Waals surface area contributed by atoms with Gasteiger partial charge in [-0.2, -0.15) is 0 Å². The van der Waals surface area contributed by atoms with Gasteiger partial charge in [0.25, 0.3) is 5.91 Å². The lowest BCUT2D eigenvalue weighted by atomic mass is 10.0. The Labute approximate surface area is 153 Å². The lowest BCUT2D eigenvalue weighted by molar-refractivity contribution is 0.0943. The third-order valence-electron chi connectivity index (χ3n) is 4.45. The van der Waals surface area contributed by atoms with Gasteiger partial charge in [0, 0.05) is 23.7 Å². The van der Waals surface area contributed by atoms with E-state index in [0.29, 0.717) is 17.6 Å². The van der Waals surface area contributed by atoms with E-state index in [1.165, 1.54) is 0 Å². The Morgan fingerprint density at radius 1 is 1.12 bits per heavy atom. The van der Waals surface area contributed by atoms with Crippen molar-refractivity contribution in [3.8, 4) is 5.75 Å². The average molecular weight is 349 g/mol. The first kappa shape index (κ1) is 17.9. The van der Waals surface area contributed by atoms with Crippen molar-refractivity contribution in [1.29, 1.82) is 0 Å². The smallest absolute Gasteiger partial charge is 0.253 e. The van der Waals surface area contributed by atoms with Crippen LogP contribution in [0.25, 0.3) is 10.9 Å². The van der Waals surface area contributed by atoms with Crippen LogP contribution in [0.1, 0.15) is 22.0 Å². The van der Waals surface area contributed by atoms with E-state index in [1.54, 1.807) is 19.4 Å². The van der Waals surface area contributed by atoms with E-state index in [9.17, 15) is 4.79 Å². The highest BCUT2D eigenvalue weighted by Crippen LogP contribution is 2.27. The minimum atomic E-state index is -0.129. The third kappa shape index (κ3) is 3.68. The second kappa shape index (κ2) is 7.97. The summed E-state index contributed by atoms with van der Waals surface area (Å²) in [5.41, 5.74) is 2.34. The van der Waals surface area contributed by atoms with Gasteiger partial charge in [-0.05, 0) is 32.3 Å². The number of fused-ring (bicyclic) bond motifs is 1. The molecule has 0 aliphatic heterocycles. The molecule has 0 aliphatic rings. The van der Waals surface area contributed by atoms with Gasteiger partial charge in [0.1, 0.15) is 5.75 Å². The second-order valence-electron chi connectivity index (χ2n) is 6.31. The number of nitrogens with one attached hydrogen (secondary N) is 1. The zero-order valence-electron chi connectivity index (χ0n) is 15.3. The zero-order valence-corrected chi connectivity index (χ0v) is 15.3. The van der Waals surface area contributed by atoms with Crippen LogP contribution in [-0.4, -0.2) is 43.5 Å². The molecule has 0 radical (unpaired) electrons. The number of aromatic nitrogens is 1. The molecule has 3 aromatic rings. The maximum absolute atomic E-state index is 12.8. The summed E-state index contributed by atoms with van der Waals surface area (Å²) in [6.45, 7) is 0.468. The van der Waals surface area contributed by atoms with E-state index in [0.717, 1.165) is 16.7 Å². The summed E-state index contributed by atoms with van der Waals surface area (Å²) in [5, 5.41) is 4.00. The fourth-order valence-corrected chi connectivity index (χ4v) is 3.08. The van der Waals surface area contributed by atoms with E-state index < -0.39 is 0 Å². The number of rotatable bonds is 6. The number of hydrogen-bond acceptors (Lipinski definition) is 4. The largest absolute Gasteiger partial charge is 0.496 e. The normalized spacial score (nSPS) is 12.2. The van der Waals surface area contributed by atoms with Crippen molar-refractivity contribution in [1.82, 2.24) is 15.2 Å². The van der Waals surface area contributed by atoms with Crippen LogP contribution in [0.3, 0.4) is 0 Å². The van der Waals surface area contributed by atoms with Gasteiger partial charge in [0.15, 0.2) is 0 Å². The van der Waals surface area contributed by atoms with Crippen LogP contribution < -0.4 is 10.1 Å². The maximum Gasteiger partial charge on any atom is 0.253 e. The molecule has 0 saturated carbocycles. The van der Waals surface area contributed by atoms with Crippen molar-refractivity contribution < 1.29 is 9.53 Å². The molecule has 5 heteroatoms. The quantitative estimate of drug-likeness (QED) is 0.742. The van der Waals surface area contributed by atoms with Crippen molar-refractivity contribution in [2.24, 2.45) is 0 Å². The van der Waals surface area contributed by atoms with Gasteiger partial charge in [-0.3, -0.25) is 9.78 Å².